The molecule has 0 saturated carbocycles. The molecule has 0 spiro atoms. The van der Waals surface area contributed by atoms with Crippen LogP contribution in [-0.4, -0.2) is 14.2 Å². The lowest BCUT2D eigenvalue weighted by molar-refractivity contribution is 0.414. The van der Waals surface area contributed by atoms with E-state index in [1.807, 2.05) is 19.2 Å². The molecule has 0 aliphatic rings. The van der Waals surface area contributed by atoms with E-state index >= 15 is 0 Å². The van der Waals surface area contributed by atoms with Gasteiger partial charge >= 0.3 is 0 Å². The van der Waals surface area contributed by atoms with Crippen molar-refractivity contribution >= 4 is 43.2 Å². The molecule has 1 heterocycles. The molecular weight excluding hydrogens is 378 g/mol. The summed E-state index contributed by atoms with van der Waals surface area (Å²) < 4.78 is 7.53. The fraction of sp³-hybridized carbons (Fsp3) is 0.231. The number of nitrogens with one attached hydrogen (secondary N) is 1. The number of hydrogen-bond donors (Lipinski definition) is 1. The summed E-state index contributed by atoms with van der Waals surface area (Å²) in [6.07, 6.45) is 0. The van der Waals surface area contributed by atoms with Crippen LogP contribution < -0.4 is 10.1 Å². The second-order valence-electron chi connectivity index (χ2n) is 3.78. The van der Waals surface area contributed by atoms with Crippen molar-refractivity contribution in [1.29, 1.82) is 0 Å². The van der Waals surface area contributed by atoms with Crippen LogP contribution in [0, 0.1) is 0 Å². The fourth-order valence-corrected chi connectivity index (χ4v) is 4.77. The summed E-state index contributed by atoms with van der Waals surface area (Å²) in [5.41, 5.74) is 2.41. The first-order valence-electron chi connectivity index (χ1n) is 5.41. The van der Waals surface area contributed by atoms with E-state index in [-0.39, 0.29) is 6.04 Å². The van der Waals surface area contributed by atoms with Crippen molar-refractivity contribution in [2.24, 2.45) is 0 Å². The van der Waals surface area contributed by atoms with Gasteiger partial charge in [-0.3, -0.25) is 0 Å². The molecule has 1 unspecified atom stereocenters. The molecule has 1 atom stereocenters. The highest BCUT2D eigenvalue weighted by Gasteiger charge is 2.17. The van der Waals surface area contributed by atoms with E-state index in [1.165, 1.54) is 11.1 Å². The molecule has 5 heteroatoms. The maximum atomic E-state index is 5.27. The molecule has 1 N–H and O–H groups in total. The van der Waals surface area contributed by atoms with Gasteiger partial charge in [0, 0.05) is 0 Å². The molecule has 0 fully saturated rings. The van der Waals surface area contributed by atoms with Gasteiger partial charge in [0.2, 0.25) is 0 Å². The zero-order chi connectivity index (χ0) is 13.1. The summed E-state index contributed by atoms with van der Waals surface area (Å²) in [6, 6.07) is 10.4. The maximum Gasteiger partial charge on any atom is 0.119 e. The zero-order valence-corrected chi connectivity index (χ0v) is 14.0. The van der Waals surface area contributed by atoms with Crippen molar-refractivity contribution in [1.82, 2.24) is 5.32 Å². The van der Waals surface area contributed by atoms with Crippen molar-refractivity contribution in [3.8, 4) is 5.75 Å². The van der Waals surface area contributed by atoms with Crippen LogP contribution in [0.15, 0.2) is 37.9 Å². The Balaban J connectivity index is 2.41. The number of rotatable bonds is 4. The molecule has 0 aliphatic carbocycles. The molecular formula is C13H13Br2NOS. The third-order valence-electron chi connectivity index (χ3n) is 2.71. The third-order valence-corrected chi connectivity index (χ3v) is 5.10. The molecule has 2 rings (SSSR count). The summed E-state index contributed by atoms with van der Waals surface area (Å²) in [6.45, 7) is 0. The normalized spacial score (nSPS) is 12.4. The summed E-state index contributed by atoms with van der Waals surface area (Å²) in [4.78, 5) is 0. The average molecular weight is 391 g/mol. The number of methoxy groups -OCH3 is 1. The molecule has 0 saturated heterocycles. The highest BCUT2D eigenvalue weighted by molar-refractivity contribution is 9.12. The Hall–Kier alpha value is -0.360. The molecule has 18 heavy (non-hydrogen) atoms. The Morgan fingerprint density at radius 1 is 1.28 bits per heavy atom. The van der Waals surface area contributed by atoms with Gasteiger partial charge in [-0.2, -0.15) is 0 Å². The van der Waals surface area contributed by atoms with Crippen molar-refractivity contribution in [2.75, 3.05) is 14.2 Å². The summed E-state index contributed by atoms with van der Waals surface area (Å²) in [7, 11) is 3.65. The standard InChI is InChI=1S/C13H13Br2NOS/c1-16-12(10-7-11(14)18-13(10)15)8-4-3-5-9(6-8)17-2/h3-7,12,16H,1-2H3. The van der Waals surface area contributed by atoms with E-state index < -0.39 is 0 Å². The number of thiophene rings is 1. The smallest absolute Gasteiger partial charge is 0.119 e. The van der Waals surface area contributed by atoms with Gasteiger partial charge in [-0.05, 0) is 68.2 Å². The van der Waals surface area contributed by atoms with Gasteiger partial charge in [-0.1, -0.05) is 12.1 Å². The van der Waals surface area contributed by atoms with Crippen molar-refractivity contribution in [2.45, 2.75) is 6.04 Å². The summed E-state index contributed by atoms with van der Waals surface area (Å²) in [5, 5.41) is 3.34. The Morgan fingerprint density at radius 2 is 2.06 bits per heavy atom. The molecule has 2 aromatic rings. The first-order chi connectivity index (χ1) is 8.65. The van der Waals surface area contributed by atoms with Crippen LogP contribution in [0.25, 0.3) is 0 Å². The molecule has 0 bridgehead atoms. The first kappa shape index (κ1) is 14.1. The lowest BCUT2D eigenvalue weighted by Crippen LogP contribution is -2.17. The van der Waals surface area contributed by atoms with Crippen LogP contribution in [0.2, 0.25) is 0 Å². The Labute approximate surface area is 128 Å². The highest BCUT2D eigenvalue weighted by atomic mass is 79.9. The van der Waals surface area contributed by atoms with E-state index in [2.05, 4.69) is 55.4 Å². The number of ether oxygens (including phenoxy) is 1. The minimum absolute atomic E-state index is 0.150. The van der Waals surface area contributed by atoms with E-state index in [9.17, 15) is 0 Å². The molecule has 96 valence electrons. The minimum atomic E-state index is 0.150. The number of halogens is 2. The Bertz CT molecular complexity index is 542. The second kappa shape index (κ2) is 6.19. The van der Waals surface area contributed by atoms with Gasteiger partial charge in [-0.25, -0.2) is 0 Å². The van der Waals surface area contributed by atoms with Crippen LogP contribution >= 0.6 is 43.2 Å². The van der Waals surface area contributed by atoms with E-state index in [0.29, 0.717) is 0 Å². The van der Waals surface area contributed by atoms with Gasteiger partial charge in [0.15, 0.2) is 0 Å². The summed E-state index contributed by atoms with van der Waals surface area (Å²) >= 11 is 8.81. The lowest BCUT2D eigenvalue weighted by atomic mass is 10.0. The van der Waals surface area contributed by atoms with Crippen LogP contribution in [0.3, 0.4) is 0 Å². The van der Waals surface area contributed by atoms with Crippen LogP contribution in [0.5, 0.6) is 5.75 Å². The third kappa shape index (κ3) is 2.96. The molecule has 0 amide bonds. The van der Waals surface area contributed by atoms with Gasteiger partial charge in [0.05, 0.1) is 20.7 Å². The van der Waals surface area contributed by atoms with Gasteiger partial charge < -0.3 is 10.1 Å². The van der Waals surface area contributed by atoms with Gasteiger partial charge in [0.1, 0.15) is 5.75 Å². The van der Waals surface area contributed by atoms with Crippen molar-refractivity contribution in [3.63, 3.8) is 0 Å². The van der Waals surface area contributed by atoms with Crippen molar-refractivity contribution in [3.05, 3.63) is 49.0 Å². The number of benzene rings is 1. The van der Waals surface area contributed by atoms with Crippen molar-refractivity contribution < 1.29 is 4.74 Å². The van der Waals surface area contributed by atoms with Crippen LogP contribution in [0.4, 0.5) is 0 Å². The number of hydrogen-bond acceptors (Lipinski definition) is 3. The van der Waals surface area contributed by atoms with E-state index in [0.717, 1.165) is 13.3 Å². The molecule has 0 aliphatic heterocycles. The summed E-state index contributed by atoms with van der Waals surface area (Å²) in [5.74, 6) is 0.873. The van der Waals surface area contributed by atoms with E-state index in [1.54, 1.807) is 18.4 Å². The quantitative estimate of drug-likeness (QED) is 0.824. The lowest BCUT2D eigenvalue weighted by Gasteiger charge is -2.17. The van der Waals surface area contributed by atoms with Crippen LogP contribution in [0.1, 0.15) is 17.2 Å². The van der Waals surface area contributed by atoms with Crippen LogP contribution in [-0.2, 0) is 0 Å². The minimum Gasteiger partial charge on any atom is -0.497 e. The van der Waals surface area contributed by atoms with E-state index in [4.69, 9.17) is 4.74 Å². The zero-order valence-electron chi connectivity index (χ0n) is 10.0. The molecule has 2 nitrogen and oxygen atoms in total. The van der Waals surface area contributed by atoms with Gasteiger partial charge in [0.25, 0.3) is 0 Å². The average Bonchev–Trinajstić information content (AvgIpc) is 2.70. The SMILES string of the molecule is CNC(c1cccc(OC)c1)c1cc(Br)sc1Br. The Morgan fingerprint density at radius 3 is 2.61 bits per heavy atom. The monoisotopic (exact) mass is 389 g/mol. The largest absolute Gasteiger partial charge is 0.497 e. The molecule has 0 radical (unpaired) electrons. The predicted molar refractivity (Wildman–Crippen MR) is 83.6 cm³/mol. The topological polar surface area (TPSA) is 21.3 Å². The molecule has 1 aromatic heterocycles. The first-order valence-corrected chi connectivity index (χ1v) is 7.82. The predicted octanol–water partition coefficient (Wildman–Crippen LogP) is 4.59. The Kier molecular flexibility index (Phi) is 4.84. The molecule has 1 aromatic carbocycles. The van der Waals surface area contributed by atoms with Gasteiger partial charge in [-0.15, -0.1) is 11.3 Å². The fourth-order valence-electron chi connectivity index (χ4n) is 1.87. The second-order valence-corrected chi connectivity index (χ2v) is 7.53. The highest BCUT2D eigenvalue weighted by Crippen LogP contribution is 2.38. The maximum absolute atomic E-state index is 5.27.